The summed E-state index contributed by atoms with van der Waals surface area (Å²) in [6, 6.07) is 3.38. The number of benzene rings is 1. The van der Waals surface area contributed by atoms with Gasteiger partial charge in [-0.1, -0.05) is 6.07 Å². The third-order valence-corrected chi connectivity index (χ3v) is 5.83. The minimum atomic E-state index is -1.70. The van der Waals surface area contributed by atoms with E-state index in [0.29, 0.717) is 47.0 Å². The van der Waals surface area contributed by atoms with Gasteiger partial charge in [-0.2, -0.15) is 8.78 Å². The highest BCUT2D eigenvalue weighted by Gasteiger charge is 2.26. The maximum Gasteiger partial charge on any atom is 0.274 e. The summed E-state index contributed by atoms with van der Waals surface area (Å²) in [5, 5.41) is 31.6. The van der Waals surface area contributed by atoms with Crippen molar-refractivity contribution in [1.82, 2.24) is 20.1 Å². The normalized spacial score (nSPS) is 19.1. The Morgan fingerprint density at radius 3 is 2.77 bits per heavy atom. The molecule has 0 amide bonds. The van der Waals surface area contributed by atoms with Crippen LogP contribution >= 0.6 is 0 Å². The molecule has 0 unspecified atom stereocenters. The number of phenolic OH excluding ortho intramolecular Hbond substituents is 1. The van der Waals surface area contributed by atoms with E-state index in [-0.39, 0.29) is 30.4 Å². The second kappa shape index (κ2) is 8.61. The molecule has 7 nitrogen and oxygen atoms in total. The fraction of sp³-hybridized carbons (Fsp3) is 0.476. The van der Waals surface area contributed by atoms with E-state index in [2.05, 4.69) is 25.4 Å². The number of fused-ring (bicyclic) bond motifs is 1. The largest absolute Gasteiger partial charge is 0.507 e. The average molecular weight is 417 g/mol. The lowest BCUT2D eigenvalue weighted by Gasteiger charge is -2.32. The number of allylic oxidation sites excluding steroid dienone is 1. The number of aryl methyl sites for hydroxylation is 1. The molecule has 1 fully saturated rings. The molecule has 1 aliphatic heterocycles. The van der Waals surface area contributed by atoms with Crippen LogP contribution in [0.5, 0.6) is 5.75 Å². The molecular weight excluding hydrogens is 392 g/mol. The number of aromatic hydroxyl groups is 1. The van der Waals surface area contributed by atoms with Crippen molar-refractivity contribution in [2.45, 2.75) is 38.6 Å². The number of aliphatic hydroxyl groups is 1. The minimum Gasteiger partial charge on any atom is -0.507 e. The standard InChI is InChI=1S/C21H25F2N5O2/c1-12-18(17-7-4-14-15(19(17)30)5-6-16(14)20(22)23)26-27-21(24-12)25-13-3-2-8-28(11-13)9-10-29/h4,7,13,29-30H,2-3,5-6,8-11H2,1H3,(H,24,25,27)/t13-/m1/s1. The summed E-state index contributed by atoms with van der Waals surface area (Å²) in [6.07, 6.45) is 0.900. The molecule has 1 aliphatic carbocycles. The molecule has 0 bridgehead atoms. The Kier molecular flexibility index (Phi) is 5.92. The summed E-state index contributed by atoms with van der Waals surface area (Å²) >= 11 is 0. The first-order chi connectivity index (χ1) is 14.5. The van der Waals surface area contributed by atoms with Crippen LogP contribution in [0.3, 0.4) is 0 Å². The molecule has 0 saturated carbocycles. The van der Waals surface area contributed by atoms with Crippen LogP contribution in [0.4, 0.5) is 14.7 Å². The van der Waals surface area contributed by atoms with Gasteiger partial charge in [0, 0.05) is 35.8 Å². The van der Waals surface area contributed by atoms with E-state index in [0.717, 1.165) is 25.9 Å². The summed E-state index contributed by atoms with van der Waals surface area (Å²) in [6.45, 7) is 4.34. The first kappa shape index (κ1) is 20.6. The number of nitrogens with one attached hydrogen (secondary N) is 1. The molecular formula is C21H25F2N5O2. The Hall–Kier alpha value is -2.65. The van der Waals surface area contributed by atoms with Gasteiger partial charge >= 0.3 is 0 Å². The second-order valence-electron chi connectivity index (χ2n) is 7.80. The maximum absolute atomic E-state index is 13.1. The molecule has 0 radical (unpaired) electrons. The van der Waals surface area contributed by atoms with Crippen molar-refractivity contribution in [1.29, 1.82) is 0 Å². The van der Waals surface area contributed by atoms with Crippen LogP contribution in [0.15, 0.2) is 18.2 Å². The number of phenols is 1. The van der Waals surface area contributed by atoms with Gasteiger partial charge in [-0.25, -0.2) is 4.98 Å². The van der Waals surface area contributed by atoms with E-state index in [1.165, 1.54) is 0 Å². The molecule has 3 N–H and O–H groups in total. The number of anilines is 1. The molecule has 1 atom stereocenters. The van der Waals surface area contributed by atoms with E-state index < -0.39 is 6.08 Å². The number of hydrogen-bond acceptors (Lipinski definition) is 7. The number of rotatable bonds is 5. The molecule has 9 heteroatoms. The van der Waals surface area contributed by atoms with Crippen LogP contribution in [0.25, 0.3) is 16.8 Å². The topological polar surface area (TPSA) is 94.4 Å². The first-order valence-electron chi connectivity index (χ1n) is 10.2. The summed E-state index contributed by atoms with van der Waals surface area (Å²) in [5.74, 6) is 0.382. The quantitative estimate of drug-likeness (QED) is 0.689. The van der Waals surface area contributed by atoms with Crippen molar-refractivity contribution >= 4 is 11.5 Å². The number of likely N-dealkylation sites (tertiary alicyclic amines) is 1. The maximum atomic E-state index is 13.1. The monoisotopic (exact) mass is 417 g/mol. The van der Waals surface area contributed by atoms with Gasteiger partial charge in [0.25, 0.3) is 6.08 Å². The SMILES string of the molecule is Cc1nc(N[C@@H]2CCCN(CCO)C2)nnc1-c1ccc2c(c1O)CCC2=C(F)F. The summed E-state index contributed by atoms with van der Waals surface area (Å²) < 4.78 is 26.2. The molecule has 1 aromatic carbocycles. The molecule has 1 aromatic heterocycles. The second-order valence-corrected chi connectivity index (χ2v) is 7.80. The summed E-state index contributed by atoms with van der Waals surface area (Å²) in [7, 11) is 0. The number of halogens is 2. The van der Waals surface area contributed by atoms with E-state index in [9.17, 15) is 13.9 Å². The van der Waals surface area contributed by atoms with Crippen molar-refractivity contribution in [2.24, 2.45) is 0 Å². The summed E-state index contributed by atoms with van der Waals surface area (Å²) in [5.41, 5.74) is 2.39. The van der Waals surface area contributed by atoms with E-state index >= 15 is 0 Å². The molecule has 1 saturated heterocycles. The zero-order valence-corrected chi connectivity index (χ0v) is 16.8. The lowest BCUT2D eigenvalue weighted by atomic mass is 10.0. The molecule has 4 rings (SSSR count). The molecule has 0 spiro atoms. The number of β-amino-alcohol motifs (C(OH)–C–C–N with tert-alkyl or cyclic N) is 1. The fourth-order valence-electron chi connectivity index (χ4n) is 4.36. The van der Waals surface area contributed by atoms with Crippen LogP contribution in [0.2, 0.25) is 0 Å². The highest BCUT2D eigenvalue weighted by Crippen LogP contribution is 2.44. The lowest BCUT2D eigenvalue weighted by molar-refractivity contribution is 0.166. The smallest absolute Gasteiger partial charge is 0.274 e. The first-order valence-corrected chi connectivity index (χ1v) is 10.2. The highest BCUT2D eigenvalue weighted by atomic mass is 19.3. The molecule has 2 aromatic rings. The molecule has 2 heterocycles. The zero-order valence-electron chi connectivity index (χ0n) is 16.8. The highest BCUT2D eigenvalue weighted by molar-refractivity contribution is 5.81. The van der Waals surface area contributed by atoms with Crippen molar-refractivity contribution in [3.8, 4) is 17.0 Å². The summed E-state index contributed by atoms with van der Waals surface area (Å²) in [4.78, 5) is 6.70. The number of piperidine rings is 1. The molecule has 30 heavy (non-hydrogen) atoms. The average Bonchev–Trinajstić information content (AvgIpc) is 3.15. The van der Waals surface area contributed by atoms with E-state index in [1.54, 1.807) is 19.1 Å². The number of aliphatic hydroxyl groups excluding tert-OH is 1. The van der Waals surface area contributed by atoms with Gasteiger partial charge in [-0.05, 0) is 50.8 Å². The Labute approximate surface area is 173 Å². The van der Waals surface area contributed by atoms with E-state index in [4.69, 9.17) is 5.11 Å². The van der Waals surface area contributed by atoms with Gasteiger partial charge < -0.3 is 15.5 Å². The minimum absolute atomic E-state index is 0.00458. The zero-order chi connectivity index (χ0) is 21.3. The van der Waals surface area contributed by atoms with Gasteiger partial charge in [0.05, 0.1) is 12.3 Å². The predicted octanol–water partition coefficient (Wildman–Crippen LogP) is 2.98. The van der Waals surface area contributed by atoms with Gasteiger partial charge in [0.1, 0.15) is 11.4 Å². The fourth-order valence-corrected chi connectivity index (χ4v) is 4.36. The van der Waals surface area contributed by atoms with Crippen LogP contribution in [-0.4, -0.2) is 62.6 Å². The Balaban J connectivity index is 1.55. The Bertz CT molecular complexity index is 976. The third-order valence-electron chi connectivity index (χ3n) is 5.83. The van der Waals surface area contributed by atoms with Crippen molar-refractivity contribution in [2.75, 3.05) is 31.6 Å². The Morgan fingerprint density at radius 2 is 2.03 bits per heavy atom. The van der Waals surface area contributed by atoms with Crippen LogP contribution in [0.1, 0.15) is 36.1 Å². The van der Waals surface area contributed by atoms with Crippen molar-refractivity contribution in [3.05, 3.63) is 35.0 Å². The van der Waals surface area contributed by atoms with Gasteiger partial charge in [0.15, 0.2) is 0 Å². The molecule has 160 valence electrons. The van der Waals surface area contributed by atoms with Crippen molar-refractivity contribution < 1.29 is 19.0 Å². The van der Waals surface area contributed by atoms with E-state index in [1.807, 2.05) is 0 Å². The Morgan fingerprint density at radius 1 is 1.23 bits per heavy atom. The van der Waals surface area contributed by atoms with Crippen molar-refractivity contribution in [3.63, 3.8) is 0 Å². The van der Waals surface area contributed by atoms with Crippen LogP contribution in [0, 0.1) is 6.92 Å². The predicted molar refractivity (Wildman–Crippen MR) is 109 cm³/mol. The lowest BCUT2D eigenvalue weighted by Crippen LogP contribution is -2.43. The van der Waals surface area contributed by atoms with Gasteiger partial charge in [-0.3, -0.25) is 4.90 Å². The van der Waals surface area contributed by atoms with Gasteiger partial charge in [-0.15, -0.1) is 10.2 Å². The molecule has 2 aliphatic rings. The number of aromatic nitrogens is 3. The number of hydrogen-bond donors (Lipinski definition) is 3. The van der Waals surface area contributed by atoms with Crippen LogP contribution in [-0.2, 0) is 6.42 Å². The number of nitrogens with zero attached hydrogens (tertiary/aromatic N) is 4. The van der Waals surface area contributed by atoms with Crippen LogP contribution < -0.4 is 5.32 Å². The van der Waals surface area contributed by atoms with Gasteiger partial charge in [0.2, 0.25) is 5.95 Å². The third kappa shape index (κ3) is 3.99.